The molecule has 1 rings (SSSR count). The van der Waals surface area contributed by atoms with Crippen molar-refractivity contribution >= 4 is 11.8 Å². The summed E-state index contributed by atoms with van der Waals surface area (Å²) in [7, 11) is 0. The lowest BCUT2D eigenvalue weighted by atomic mass is 10.2. The van der Waals surface area contributed by atoms with Crippen molar-refractivity contribution in [3.8, 4) is 0 Å². The lowest BCUT2D eigenvalue weighted by molar-refractivity contribution is 0.199. The van der Waals surface area contributed by atoms with Gasteiger partial charge in [-0.2, -0.15) is 0 Å². The summed E-state index contributed by atoms with van der Waals surface area (Å²) in [5.74, 6) is 1.10. The van der Waals surface area contributed by atoms with Crippen LogP contribution in [0.1, 0.15) is 38.4 Å². The zero-order chi connectivity index (χ0) is 10.4. The van der Waals surface area contributed by atoms with Gasteiger partial charge in [-0.15, -0.1) is 11.8 Å². The van der Waals surface area contributed by atoms with Crippen LogP contribution in [-0.4, -0.2) is 15.8 Å². The van der Waals surface area contributed by atoms with Crippen LogP contribution in [0.15, 0.2) is 23.4 Å². The van der Waals surface area contributed by atoms with E-state index in [-0.39, 0.29) is 0 Å². The predicted octanol–water partition coefficient (Wildman–Crippen LogP) is 3.03. The minimum absolute atomic E-state index is 0.400. The van der Waals surface area contributed by atoms with E-state index in [0.29, 0.717) is 0 Å². The first kappa shape index (κ1) is 11.5. The van der Waals surface area contributed by atoms with Crippen molar-refractivity contribution in [1.29, 1.82) is 0 Å². The molecule has 1 atom stereocenters. The molecule has 1 aromatic rings. The molecule has 0 unspecified atom stereocenters. The number of rotatable bonds is 5. The number of unbranched alkanes of at least 4 members (excludes halogenated alkanes) is 1. The van der Waals surface area contributed by atoms with Gasteiger partial charge in [-0.05, 0) is 36.8 Å². The van der Waals surface area contributed by atoms with Crippen LogP contribution in [0, 0.1) is 0 Å². The molecule has 0 fully saturated rings. The van der Waals surface area contributed by atoms with Crippen molar-refractivity contribution in [1.82, 2.24) is 4.98 Å². The van der Waals surface area contributed by atoms with Gasteiger partial charge >= 0.3 is 0 Å². The van der Waals surface area contributed by atoms with Gasteiger partial charge in [-0.1, -0.05) is 13.3 Å². The van der Waals surface area contributed by atoms with E-state index in [9.17, 15) is 5.11 Å². The van der Waals surface area contributed by atoms with Gasteiger partial charge in [-0.25, -0.2) is 4.98 Å². The average molecular weight is 211 g/mol. The third-order valence-electron chi connectivity index (χ3n) is 1.99. The zero-order valence-corrected chi connectivity index (χ0v) is 9.55. The second-order valence-corrected chi connectivity index (χ2v) is 4.42. The number of aliphatic hydroxyl groups excluding tert-OH is 1. The Morgan fingerprint density at radius 2 is 2.36 bits per heavy atom. The van der Waals surface area contributed by atoms with E-state index in [4.69, 9.17) is 0 Å². The number of hydrogen-bond donors (Lipinski definition) is 1. The molecule has 0 aliphatic heterocycles. The molecule has 1 aromatic heterocycles. The first-order valence-corrected chi connectivity index (χ1v) is 5.99. The smallest absolute Gasteiger partial charge is 0.0963 e. The summed E-state index contributed by atoms with van der Waals surface area (Å²) in [6.07, 6.45) is 3.79. The van der Waals surface area contributed by atoms with Crippen LogP contribution in [0.2, 0.25) is 0 Å². The molecule has 3 heteroatoms. The van der Waals surface area contributed by atoms with Gasteiger partial charge in [0.1, 0.15) is 0 Å². The van der Waals surface area contributed by atoms with E-state index in [1.165, 1.54) is 12.8 Å². The Bertz CT molecular complexity index is 276. The van der Waals surface area contributed by atoms with E-state index < -0.39 is 6.10 Å². The topological polar surface area (TPSA) is 33.1 Å². The number of nitrogens with zero attached hydrogens (tertiary/aromatic N) is 1. The summed E-state index contributed by atoms with van der Waals surface area (Å²) in [5.41, 5.74) is 0.944. The molecular formula is C11H17NOS. The van der Waals surface area contributed by atoms with E-state index in [0.717, 1.165) is 16.3 Å². The molecule has 0 aliphatic carbocycles. The maximum Gasteiger partial charge on any atom is 0.0963 e. The van der Waals surface area contributed by atoms with Gasteiger partial charge in [0.05, 0.1) is 11.1 Å². The number of pyridine rings is 1. The minimum Gasteiger partial charge on any atom is -0.389 e. The highest BCUT2D eigenvalue weighted by Crippen LogP contribution is 2.20. The molecule has 14 heavy (non-hydrogen) atoms. The Kier molecular flexibility index (Phi) is 4.98. The quantitative estimate of drug-likeness (QED) is 0.600. The summed E-state index contributed by atoms with van der Waals surface area (Å²) in [6, 6.07) is 3.82. The molecule has 0 amide bonds. The highest BCUT2D eigenvalue weighted by Gasteiger charge is 2.02. The molecular weight excluding hydrogens is 194 g/mol. The highest BCUT2D eigenvalue weighted by molar-refractivity contribution is 7.99. The molecule has 1 N–H and O–H groups in total. The monoisotopic (exact) mass is 211 g/mol. The Hall–Kier alpha value is -0.540. The van der Waals surface area contributed by atoms with Gasteiger partial charge in [0, 0.05) is 6.20 Å². The van der Waals surface area contributed by atoms with Gasteiger partial charge < -0.3 is 5.11 Å². The summed E-state index contributed by atoms with van der Waals surface area (Å²) >= 11 is 1.75. The summed E-state index contributed by atoms with van der Waals surface area (Å²) < 4.78 is 0. The first-order chi connectivity index (χ1) is 6.74. The summed E-state index contributed by atoms with van der Waals surface area (Å²) in [4.78, 5) is 4.25. The standard InChI is InChI=1S/C11H17NOS/c1-3-4-7-14-11-8-10(9(2)13)5-6-12-11/h5-6,8-9,13H,3-4,7H2,1-2H3/t9-/m1/s1. The lowest BCUT2D eigenvalue weighted by Gasteiger charge is -2.05. The zero-order valence-electron chi connectivity index (χ0n) is 8.73. The summed E-state index contributed by atoms with van der Waals surface area (Å²) in [6.45, 7) is 3.95. The van der Waals surface area contributed by atoms with Gasteiger partial charge in [-0.3, -0.25) is 0 Å². The van der Waals surface area contributed by atoms with Crippen LogP contribution < -0.4 is 0 Å². The Morgan fingerprint density at radius 3 is 3.00 bits per heavy atom. The first-order valence-electron chi connectivity index (χ1n) is 5.01. The van der Waals surface area contributed by atoms with Crippen molar-refractivity contribution in [3.05, 3.63) is 23.9 Å². The van der Waals surface area contributed by atoms with Crippen LogP contribution >= 0.6 is 11.8 Å². The molecule has 0 spiro atoms. The lowest BCUT2D eigenvalue weighted by Crippen LogP contribution is -1.92. The fraction of sp³-hybridized carbons (Fsp3) is 0.545. The van der Waals surface area contributed by atoms with Crippen LogP contribution in [0.5, 0.6) is 0 Å². The van der Waals surface area contributed by atoms with E-state index in [1.54, 1.807) is 24.9 Å². The molecule has 0 saturated heterocycles. The molecule has 2 nitrogen and oxygen atoms in total. The number of aliphatic hydroxyl groups is 1. The third-order valence-corrected chi connectivity index (χ3v) is 3.00. The summed E-state index contributed by atoms with van der Waals surface area (Å²) in [5, 5.41) is 10.4. The maximum atomic E-state index is 9.38. The van der Waals surface area contributed by atoms with Crippen molar-refractivity contribution in [2.75, 3.05) is 5.75 Å². The fourth-order valence-electron chi connectivity index (χ4n) is 1.08. The van der Waals surface area contributed by atoms with E-state index in [2.05, 4.69) is 11.9 Å². The van der Waals surface area contributed by atoms with Crippen molar-refractivity contribution < 1.29 is 5.11 Å². The average Bonchev–Trinajstić information content (AvgIpc) is 2.19. The van der Waals surface area contributed by atoms with Crippen LogP contribution in [-0.2, 0) is 0 Å². The Labute approximate surface area is 89.8 Å². The molecule has 1 heterocycles. The van der Waals surface area contributed by atoms with Gasteiger partial charge in [0.25, 0.3) is 0 Å². The maximum absolute atomic E-state index is 9.38. The van der Waals surface area contributed by atoms with Gasteiger partial charge in [0.2, 0.25) is 0 Å². The van der Waals surface area contributed by atoms with Crippen LogP contribution in [0.3, 0.4) is 0 Å². The molecule has 0 aromatic carbocycles. The second kappa shape index (κ2) is 6.04. The molecule has 0 radical (unpaired) electrons. The highest BCUT2D eigenvalue weighted by atomic mass is 32.2. The SMILES string of the molecule is CCCCSc1cc([C@@H](C)O)ccn1. The van der Waals surface area contributed by atoms with Gasteiger partial charge in [0.15, 0.2) is 0 Å². The Morgan fingerprint density at radius 1 is 1.57 bits per heavy atom. The Balaban J connectivity index is 2.55. The molecule has 0 saturated carbocycles. The normalized spacial score (nSPS) is 12.8. The van der Waals surface area contributed by atoms with E-state index >= 15 is 0 Å². The van der Waals surface area contributed by atoms with Crippen molar-refractivity contribution in [2.24, 2.45) is 0 Å². The number of thioether (sulfide) groups is 1. The largest absolute Gasteiger partial charge is 0.389 e. The number of aromatic nitrogens is 1. The fourth-order valence-corrected chi connectivity index (χ4v) is 2.08. The minimum atomic E-state index is -0.400. The van der Waals surface area contributed by atoms with Crippen LogP contribution in [0.4, 0.5) is 0 Å². The second-order valence-electron chi connectivity index (χ2n) is 3.31. The van der Waals surface area contributed by atoms with Crippen molar-refractivity contribution in [3.63, 3.8) is 0 Å². The third kappa shape index (κ3) is 3.68. The van der Waals surface area contributed by atoms with Crippen molar-refractivity contribution in [2.45, 2.75) is 37.8 Å². The molecule has 0 bridgehead atoms. The van der Waals surface area contributed by atoms with Crippen LogP contribution in [0.25, 0.3) is 0 Å². The van der Waals surface area contributed by atoms with E-state index in [1.807, 2.05) is 12.1 Å². The molecule has 78 valence electrons. The predicted molar refractivity (Wildman–Crippen MR) is 60.5 cm³/mol. The molecule has 0 aliphatic rings. The number of hydrogen-bond acceptors (Lipinski definition) is 3.